The fraction of sp³-hybridized carbons (Fsp3) is 0.533. The molecule has 1 heterocycles. The Hall–Kier alpha value is -1.68. The maximum atomic E-state index is 12.2. The highest BCUT2D eigenvalue weighted by Crippen LogP contribution is 2.22. The molecule has 1 saturated heterocycles. The molecular formula is C15H22N2O6S. The highest BCUT2D eigenvalue weighted by molar-refractivity contribution is 7.89. The molecule has 0 bridgehead atoms. The highest BCUT2D eigenvalue weighted by Gasteiger charge is 2.20. The van der Waals surface area contributed by atoms with E-state index in [1.165, 1.54) is 19.2 Å². The monoisotopic (exact) mass is 358 g/mol. The lowest BCUT2D eigenvalue weighted by molar-refractivity contribution is 0.0697. The van der Waals surface area contributed by atoms with Crippen LogP contribution in [0.2, 0.25) is 0 Å². The van der Waals surface area contributed by atoms with Crippen LogP contribution in [0.5, 0.6) is 0 Å². The molecule has 0 amide bonds. The van der Waals surface area contributed by atoms with Gasteiger partial charge in [-0.1, -0.05) is 0 Å². The summed E-state index contributed by atoms with van der Waals surface area (Å²) in [7, 11) is -2.32. The van der Waals surface area contributed by atoms with Crippen LogP contribution in [0, 0.1) is 0 Å². The summed E-state index contributed by atoms with van der Waals surface area (Å²) < 4.78 is 36.9. The fourth-order valence-electron chi connectivity index (χ4n) is 2.41. The van der Waals surface area contributed by atoms with Crippen LogP contribution in [-0.2, 0) is 19.5 Å². The molecule has 0 aromatic heterocycles. The van der Waals surface area contributed by atoms with E-state index in [1.54, 1.807) is 0 Å². The average molecular weight is 358 g/mol. The van der Waals surface area contributed by atoms with E-state index in [9.17, 15) is 18.3 Å². The van der Waals surface area contributed by atoms with Crippen LogP contribution in [0.15, 0.2) is 23.1 Å². The minimum Gasteiger partial charge on any atom is -0.478 e. The van der Waals surface area contributed by atoms with Crippen molar-refractivity contribution in [3.8, 4) is 0 Å². The van der Waals surface area contributed by atoms with Crippen LogP contribution in [0.4, 0.5) is 5.69 Å². The largest absolute Gasteiger partial charge is 0.478 e. The van der Waals surface area contributed by atoms with Gasteiger partial charge in [0.05, 0.1) is 23.2 Å². The highest BCUT2D eigenvalue weighted by atomic mass is 32.2. The second-order valence-corrected chi connectivity index (χ2v) is 7.19. The number of aromatic carboxylic acids is 1. The molecule has 0 spiro atoms. The van der Waals surface area contributed by atoms with Gasteiger partial charge >= 0.3 is 5.97 Å². The van der Waals surface area contributed by atoms with Crippen molar-refractivity contribution in [1.82, 2.24) is 4.72 Å². The normalized spacial score (nSPS) is 17.8. The summed E-state index contributed by atoms with van der Waals surface area (Å²) in [5.74, 6) is -1.20. The fourth-order valence-corrected chi connectivity index (χ4v) is 3.45. The Morgan fingerprint density at radius 2 is 2.25 bits per heavy atom. The Balaban J connectivity index is 2.14. The zero-order valence-corrected chi connectivity index (χ0v) is 14.3. The molecule has 3 N–H and O–H groups in total. The third kappa shape index (κ3) is 4.91. The first-order valence-corrected chi connectivity index (χ1v) is 9.14. The van der Waals surface area contributed by atoms with E-state index < -0.39 is 16.0 Å². The minimum absolute atomic E-state index is 0.0470. The van der Waals surface area contributed by atoms with E-state index in [4.69, 9.17) is 9.47 Å². The number of nitrogens with one attached hydrogen (secondary N) is 2. The summed E-state index contributed by atoms with van der Waals surface area (Å²) in [5.41, 5.74) is 0.274. The number of carboxylic acid groups (broad SMARTS) is 1. The second-order valence-electron chi connectivity index (χ2n) is 5.42. The Morgan fingerprint density at radius 1 is 1.46 bits per heavy atom. The molecule has 9 heteroatoms. The third-order valence-electron chi connectivity index (χ3n) is 3.67. The average Bonchev–Trinajstić information content (AvgIpc) is 3.06. The maximum absolute atomic E-state index is 12.2. The first kappa shape index (κ1) is 18.7. The van der Waals surface area contributed by atoms with Crippen molar-refractivity contribution in [3.63, 3.8) is 0 Å². The molecular weight excluding hydrogens is 336 g/mol. The van der Waals surface area contributed by atoms with Crippen molar-refractivity contribution in [3.05, 3.63) is 23.8 Å². The van der Waals surface area contributed by atoms with Gasteiger partial charge in [-0.05, 0) is 31.0 Å². The van der Waals surface area contributed by atoms with Crippen LogP contribution >= 0.6 is 0 Å². The number of sulfonamides is 1. The predicted octanol–water partition coefficient (Wildman–Crippen LogP) is 0.900. The topological polar surface area (TPSA) is 114 Å². The van der Waals surface area contributed by atoms with E-state index in [2.05, 4.69) is 10.0 Å². The molecule has 1 aliphatic heterocycles. The number of methoxy groups -OCH3 is 1. The zero-order chi connectivity index (χ0) is 17.6. The number of ether oxygens (including phenoxy) is 2. The van der Waals surface area contributed by atoms with Gasteiger partial charge in [-0.25, -0.2) is 17.9 Å². The van der Waals surface area contributed by atoms with Crippen molar-refractivity contribution >= 4 is 21.7 Å². The lowest BCUT2D eigenvalue weighted by Gasteiger charge is -2.15. The summed E-state index contributed by atoms with van der Waals surface area (Å²) in [5, 5.41) is 12.4. The van der Waals surface area contributed by atoms with E-state index in [-0.39, 0.29) is 29.7 Å². The number of hydrogen-bond acceptors (Lipinski definition) is 6. The summed E-state index contributed by atoms with van der Waals surface area (Å²) in [4.78, 5) is 11.4. The van der Waals surface area contributed by atoms with Gasteiger partial charge in [-0.2, -0.15) is 0 Å². The molecule has 2 rings (SSSR count). The number of anilines is 1. The molecule has 0 saturated carbocycles. The molecule has 1 fully saturated rings. The number of carboxylic acids is 1. The van der Waals surface area contributed by atoms with Gasteiger partial charge in [0, 0.05) is 32.5 Å². The van der Waals surface area contributed by atoms with Gasteiger partial charge < -0.3 is 19.9 Å². The van der Waals surface area contributed by atoms with Crippen LogP contribution in [-0.4, -0.2) is 59.0 Å². The first-order chi connectivity index (χ1) is 11.4. The molecule has 24 heavy (non-hydrogen) atoms. The lowest BCUT2D eigenvalue weighted by Crippen LogP contribution is -2.27. The van der Waals surface area contributed by atoms with E-state index in [1.807, 2.05) is 0 Å². The predicted molar refractivity (Wildman–Crippen MR) is 87.9 cm³/mol. The zero-order valence-electron chi connectivity index (χ0n) is 13.4. The van der Waals surface area contributed by atoms with E-state index in [0.29, 0.717) is 18.8 Å². The van der Waals surface area contributed by atoms with Crippen LogP contribution in [0.3, 0.4) is 0 Å². The lowest BCUT2D eigenvalue weighted by atomic mass is 10.1. The number of carbonyl (C=O) groups is 1. The summed E-state index contributed by atoms with van der Waals surface area (Å²) >= 11 is 0. The van der Waals surface area contributed by atoms with Gasteiger partial charge in [0.2, 0.25) is 10.0 Å². The quantitative estimate of drug-likeness (QED) is 0.562. The molecule has 134 valence electrons. The van der Waals surface area contributed by atoms with Crippen molar-refractivity contribution in [2.45, 2.75) is 23.8 Å². The van der Waals surface area contributed by atoms with Crippen molar-refractivity contribution in [2.24, 2.45) is 0 Å². The van der Waals surface area contributed by atoms with Gasteiger partial charge in [0.1, 0.15) is 0 Å². The number of hydrogen-bond donors (Lipinski definition) is 3. The molecule has 0 aliphatic carbocycles. The van der Waals surface area contributed by atoms with Crippen molar-refractivity contribution in [2.75, 3.05) is 38.7 Å². The molecule has 0 unspecified atom stereocenters. The van der Waals surface area contributed by atoms with Crippen LogP contribution < -0.4 is 10.0 Å². The molecule has 1 aliphatic rings. The Kier molecular flexibility index (Phi) is 6.55. The number of benzene rings is 1. The molecule has 1 aromatic rings. The summed E-state index contributed by atoms with van der Waals surface area (Å²) in [6.07, 6.45) is 1.96. The molecule has 8 nitrogen and oxygen atoms in total. The van der Waals surface area contributed by atoms with Crippen molar-refractivity contribution < 1.29 is 27.8 Å². The second kappa shape index (κ2) is 8.43. The standard InChI is InChI=1S/C15H22N2O6S/c1-22-8-6-17-24(20,21)12-4-5-14(13(9-12)15(18)19)16-10-11-3-2-7-23-11/h4-5,9,11,16-17H,2-3,6-8,10H2,1H3,(H,18,19)/t11-/m1/s1. The Bertz CT molecular complexity index is 671. The van der Waals surface area contributed by atoms with E-state index in [0.717, 1.165) is 18.9 Å². The van der Waals surface area contributed by atoms with E-state index >= 15 is 0 Å². The third-order valence-corrected chi connectivity index (χ3v) is 5.13. The molecule has 1 atom stereocenters. The number of rotatable bonds is 9. The summed E-state index contributed by atoms with van der Waals surface area (Å²) in [6.45, 7) is 1.53. The Morgan fingerprint density at radius 3 is 2.88 bits per heavy atom. The first-order valence-electron chi connectivity index (χ1n) is 7.65. The van der Waals surface area contributed by atoms with Crippen LogP contribution in [0.25, 0.3) is 0 Å². The smallest absolute Gasteiger partial charge is 0.337 e. The molecule has 1 aromatic carbocycles. The summed E-state index contributed by atoms with van der Waals surface area (Å²) in [6, 6.07) is 3.98. The van der Waals surface area contributed by atoms with Gasteiger partial charge in [-0.15, -0.1) is 0 Å². The van der Waals surface area contributed by atoms with Crippen LogP contribution in [0.1, 0.15) is 23.2 Å². The maximum Gasteiger partial charge on any atom is 0.337 e. The molecule has 0 radical (unpaired) electrons. The van der Waals surface area contributed by atoms with Crippen molar-refractivity contribution in [1.29, 1.82) is 0 Å². The SMILES string of the molecule is COCCNS(=O)(=O)c1ccc(NC[C@H]2CCCO2)c(C(=O)O)c1. The van der Waals surface area contributed by atoms with Gasteiger partial charge in [0.25, 0.3) is 0 Å². The Labute approximate surface area is 141 Å². The van der Waals surface area contributed by atoms with Gasteiger partial charge in [0.15, 0.2) is 0 Å². The minimum atomic E-state index is -3.78. The van der Waals surface area contributed by atoms with Gasteiger partial charge in [-0.3, -0.25) is 0 Å².